The predicted molar refractivity (Wildman–Crippen MR) is 76.2 cm³/mol. The molecule has 4 heteroatoms. The number of hydrogen-bond donors (Lipinski definition) is 1. The van der Waals surface area contributed by atoms with E-state index in [9.17, 15) is 0 Å². The average Bonchev–Trinajstić information content (AvgIpc) is 2.42. The van der Waals surface area contributed by atoms with Crippen molar-refractivity contribution in [1.82, 2.24) is 0 Å². The minimum atomic E-state index is -0.299. The van der Waals surface area contributed by atoms with E-state index >= 15 is 0 Å². The van der Waals surface area contributed by atoms with Gasteiger partial charge in [-0.05, 0) is 24.5 Å². The minimum Gasteiger partial charge on any atom is -0.376 e. The number of nitrogens with two attached hydrogens (primary N) is 1. The molecule has 1 unspecified atom stereocenters. The molecule has 0 aliphatic heterocycles. The van der Waals surface area contributed by atoms with Gasteiger partial charge < -0.3 is 10.5 Å². The van der Waals surface area contributed by atoms with Gasteiger partial charge in [0.15, 0.2) is 0 Å². The Balaban J connectivity index is 2.33. The summed E-state index contributed by atoms with van der Waals surface area (Å²) < 4.78 is 5.76. The molecule has 2 rings (SSSR count). The van der Waals surface area contributed by atoms with Gasteiger partial charge in [-0.3, -0.25) is 0 Å². The van der Waals surface area contributed by atoms with Crippen LogP contribution in [0.3, 0.4) is 0 Å². The number of rotatable bonds is 3. The van der Waals surface area contributed by atoms with Crippen LogP contribution in [0.25, 0.3) is 0 Å². The normalized spacial score (nSPS) is 20.7. The smallest absolute Gasteiger partial charge is 0.0870 e. The molecule has 0 spiro atoms. The maximum atomic E-state index is 6.42. The molecule has 1 aliphatic rings. The van der Waals surface area contributed by atoms with Crippen molar-refractivity contribution >= 4 is 23.2 Å². The molecule has 1 aliphatic carbocycles. The molecule has 0 amide bonds. The maximum absolute atomic E-state index is 6.42. The highest BCUT2D eigenvalue weighted by molar-refractivity contribution is 6.42. The fraction of sp³-hybridized carbons (Fsp3) is 0.571. The predicted octanol–water partition coefficient (Wildman–Crippen LogP) is 4.34. The van der Waals surface area contributed by atoms with E-state index < -0.39 is 0 Å². The molecule has 18 heavy (non-hydrogen) atoms. The van der Waals surface area contributed by atoms with Gasteiger partial charge in [-0.15, -0.1) is 0 Å². The molecular weight excluding hydrogens is 269 g/mol. The molecule has 100 valence electrons. The lowest BCUT2D eigenvalue weighted by molar-refractivity contribution is -0.0595. The Kier molecular flexibility index (Phi) is 4.54. The van der Waals surface area contributed by atoms with Crippen molar-refractivity contribution < 1.29 is 4.74 Å². The molecule has 0 radical (unpaired) electrons. The molecule has 2 N–H and O–H groups in total. The van der Waals surface area contributed by atoms with Gasteiger partial charge in [0.2, 0.25) is 0 Å². The Morgan fingerprint density at radius 3 is 2.50 bits per heavy atom. The Morgan fingerprint density at radius 1 is 1.22 bits per heavy atom. The van der Waals surface area contributed by atoms with Gasteiger partial charge in [0, 0.05) is 7.11 Å². The SMILES string of the molecule is COC1(C(N)c2cccc(Cl)c2Cl)CCCCC1. The first-order chi connectivity index (χ1) is 8.60. The summed E-state index contributed by atoms with van der Waals surface area (Å²) in [7, 11) is 1.74. The van der Waals surface area contributed by atoms with E-state index in [2.05, 4.69) is 0 Å². The highest BCUT2D eigenvalue weighted by Crippen LogP contribution is 2.42. The van der Waals surface area contributed by atoms with Crippen LogP contribution in [0.5, 0.6) is 0 Å². The van der Waals surface area contributed by atoms with E-state index in [0.717, 1.165) is 31.2 Å². The summed E-state index contributed by atoms with van der Waals surface area (Å²) in [5, 5.41) is 1.10. The van der Waals surface area contributed by atoms with Gasteiger partial charge in [-0.25, -0.2) is 0 Å². The lowest BCUT2D eigenvalue weighted by Crippen LogP contribution is -2.44. The third-order valence-corrected chi connectivity index (χ3v) is 4.82. The van der Waals surface area contributed by atoms with E-state index in [4.69, 9.17) is 33.7 Å². The van der Waals surface area contributed by atoms with Crippen LogP contribution in [-0.2, 0) is 4.74 Å². The molecule has 1 atom stereocenters. The van der Waals surface area contributed by atoms with Crippen molar-refractivity contribution in [1.29, 1.82) is 0 Å². The van der Waals surface area contributed by atoms with Crippen molar-refractivity contribution in [2.24, 2.45) is 5.73 Å². The van der Waals surface area contributed by atoms with Crippen molar-refractivity contribution in [2.45, 2.75) is 43.7 Å². The van der Waals surface area contributed by atoms with Crippen molar-refractivity contribution in [2.75, 3.05) is 7.11 Å². The largest absolute Gasteiger partial charge is 0.376 e. The fourth-order valence-corrected chi connectivity index (χ4v) is 3.26. The van der Waals surface area contributed by atoms with Crippen molar-refractivity contribution in [3.8, 4) is 0 Å². The number of benzene rings is 1. The molecule has 2 nitrogen and oxygen atoms in total. The topological polar surface area (TPSA) is 35.2 Å². The van der Waals surface area contributed by atoms with Crippen LogP contribution in [0.15, 0.2) is 18.2 Å². The first kappa shape index (κ1) is 14.1. The van der Waals surface area contributed by atoms with Crippen molar-refractivity contribution in [3.05, 3.63) is 33.8 Å². The summed E-state index contributed by atoms with van der Waals surface area (Å²) in [5.41, 5.74) is 7.00. The third-order valence-electron chi connectivity index (χ3n) is 3.99. The zero-order valence-electron chi connectivity index (χ0n) is 10.6. The molecule has 0 aromatic heterocycles. The van der Waals surface area contributed by atoms with E-state index in [1.165, 1.54) is 6.42 Å². The summed E-state index contributed by atoms with van der Waals surface area (Å²) in [5.74, 6) is 0. The van der Waals surface area contributed by atoms with Gasteiger partial charge in [0.1, 0.15) is 0 Å². The lowest BCUT2D eigenvalue weighted by Gasteiger charge is -2.41. The summed E-state index contributed by atoms with van der Waals surface area (Å²) >= 11 is 12.3. The summed E-state index contributed by atoms with van der Waals surface area (Å²) in [6.45, 7) is 0. The number of ether oxygens (including phenoxy) is 1. The number of methoxy groups -OCH3 is 1. The van der Waals surface area contributed by atoms with Gasteiger partial charge in [0.25, 0.3) is 0 Å². The first-order valence-electron chi connectivity index (χ1n) is 6.35. The molecule has 1 aromatic carbocycles. The van der Waals surface area contributed by atoms with Crippen LogP contribution < -0.4 is 5.73 Å². The van der Waals surface area contributed by atoms with Gasteiger partial charge in [-0.1, -0.05) is 54.6 Å². The van der Waals surface area contributed by atoms with E-state index in [1.54, 1.807) is 13.2 Å². The van der Waals surface area contributed by atoms with Crippen LogP contribution in [0.2, 0.25) is 10.0 Å². The second kappa shape index (κ2) is 5.79. The summed E-state index contributed by atoms with van der Waals surface area (Å²) in [6.07, 6.45) is 5.52. The molecule has 0 saturated heterocycles. The van der Waals surface area contributed by atoms with Crippen LogP contribution in [0, 0.1) is 0 Å². The summed E-state index contributed by atoms with van der Waals surface area (Å²) in [4.78, 5) is 0. The van der Waals surface area contributed by atoms with Gasteiger partial charge >= 0.3 is 0 Å². The second-order valence-corrected chi connectivity index (χ2v) is 5.74. The molecular formula is C14H19Cl2NO. The molecule has 1 saturated carbocycles. The molecule has 0 heterocycles. The summed E-state index contributed by atoms with van der Waals surface area (Å²) in [6, 6.07) is 5.37. The molecule has 1 fully saturated rings. The van der Waals surface area contributed by atoms with Gasteiger partial charge in [0.05, 0.1) is 21.7 Å². The number of hydrogen-bond acceptors (Lipinski definition) is 2. The molecule has 1 aromatic rings. The van der Waals surface area contributed by atoms with Crippen molar-refractivity contribution in [3.63, 3.8) is 0 Å². The Bertz CT molecular complexity index is 416. The standard InChI is InChI=1S/C14H19Cl2NO/c1-18-14(8-3-2-4-9-14)13(17)10-6-5-7-11(15)12(10)16/h5-7,13H,2-4,8-9,17H2,1H3. The fourth-order valence-electron chi connectivity index (χ4n) is 2.84. The maximum Gasteiger partial charge on any atom is 0.0870 e. The monoisotopic (exact) mass is 287 g/mol. The Labute approximate surface area is 118 Å². The highest BCUT2D eigenvalue weighted by atomic mass is 35.5. The minimum absolute atomic E-state index is 0.228. The van der Waals surface area contributed by atoms with Crippen LogP contribution in [-0.4, -0.2) is 12.7 Å². The zero-order chi connectivity index (χ0) is 13.2. The Morgan fingerprint density at radius 2 is 1.89 bits per heavy atom. The lowest BCUT2D eigenvalue weighted by atomic mass is 9.77. The quantitative estimate of drug-likeness (QED) is 0.897. The first-order valence-corrected chi connectivity index (χ1v) is 7.11. The van der Waals surface area contributed by atoms with E-state index in [-0.39, 0.29) is 11.6 Å². The second-order valence-electron chi connectivity index (χ2n) is 4.95. The van der Waals surface area contributed by atoms with Crippen LogP contribution >= 0.6 is 23.2 Å². The van der Waals surface area contributed by atoms with Gasteiger partial charge in [-0.2, -0.15) is 0 Å². The average molecular weight is 288 g/mol. The molecule has 0 bridgehead atoms. The van der Waals surface area contributed by atoms with Crippen LogP contribution in [0.1, 0.15) is 43.7 Å². The van der Waals surface area contributed by atoms with E-state index in [1.807, 2.05) is 12.1 Å². The number of halogens is 2. The zero-order valence-corrected chi connectivity index (χ0v) is 12.1. The van der Waals surface area contributed by atoms with E-state index in [0.29, 0.717) is 10.0 Å². The van der Waals surface area contributed by atoms with Crippen LogP contribution in [0.4, 0.5) is 0 Å². The third kappa shape index (κ3) is 2.53. The highest BCUT2D eigenvalue weighted by Gasteiger charge is 2.39. The Hall–Kier alpha value is -0.280.